The van der Waals surface area contributed by atoms with E-state index in [-0.39, 0.29) is 24.3 Å². The first-order valence-corrected chi connectivity index (χ1v) is 10.0. The molecule has 0 aliphatic carbocycles. The molecule has 4 rings (SSSR count). The third kappa shape index (κ3) is 3.41. The number of aromatic nitrogens is 1. The number of carbonyl (C=O) groups excluding carboxylic acids is 1. The van der Waals surface area contributed by atoms with Crippen LogP contribution in [0.3, 0.4) is 0 Å². The molecule has 3 aliphatic heterocycles. The van der Waals surface area contributed by atoms with Crippen LogP contribution in [0.25, 0.3) is 0 Å². The van der Waals surface area contributed by atoms with Crippen LogP contribution in [0, 0.1) is 5.82 Å². The quantitative estimate of drug-likeness (QED) is 0.847. The highest BCUT2D eigenvalue weighted by molar-refractivity contribution is 6.03. The largest absolute Gasteiger partial charge is 0.378 e. The normalized spacial score (nSPS) is 22.5. The number of fused-ring (bicyclic) bond motifs is 1. The number of piperidine rings is 1. The van der Waals surface area contributed by atoms with Gasteiger partial charge in [-0.1, -0.05) is 6.08 Å². The number of carbonyl (C=O) groups is 1. The lowest BCUT2D eigenvalue weighted by Crippen LogP contribution is -2.45. The number of hydrogen-bond donors (Lipinski definition) is 1. The number of likely N-dealkylation sites (N-methyl/N-ethyl adjacent to an activating group) is 1. The molecule has 7 nitrogen and oxygen atoms in total. The fourth-order valence-electron chi connectivity index (χ4n) is 4.30. The van der Waals surface area contributed by atoms with Gasteiger partial charge in [0.05, 0.1) is 18.8 Å². The first-order valence-electron chi connectivity index (χ1n) is 10.0. The van der Waals surface area contributed by atoms with Crippen LogP contribution < -0.4 is 15.1 Å². The van der Waals surface area contributed by atoms with Crippen molar-refractivity contribution in [1.82, 2.24) is 15.2 Å². The number of likely N-dealkylation sites (tertiary alicyclic amines) is 1. The van der Waals surface area contributed by atoms with Crippen LogP contribution in [-0.4, -0.2) is 68.3 Å². The van der Waals surface area contributed by atoms with E-state index in [1.54, 1.807) is 0 Å². The number of hydrogen-bond acceptors (Lipinski definition) is 6. The Kier molecular flexibility index (Phi) is 5.39. The Morgan fingerprint density at radius 3 is 2.86 bits per heavy atom. The van der Waals surface area contributed by atoms with Crippen molar-refractivity contribution in [2.45, 2.75) is 32.4 Å². The highest BCUT2D eigenvalue weighted by atomic mass is 19.1. The summed E-state index contributed by atoms with van der Waals surface area (Å²) in [5.41, 5.74) is 0.820. The maximum absolute atomic E-state index is 15.4. The van der Waals surface area contributed by atoms with E-state index in [0.717, 1.165) is 25.9 Å². The Morgan fingerprint density at radius 2 is 2.11 bits per heavy atom. The van der Waals surface area contributed by atoms with Gasteiger partial charge in [0.15, 0.2) is 11.6 Å². The Labute approximate surface area is 165 Å². The Morgan fingerprint density at radius 1 is 1.32 bits per heavy atom. The predicted molar refractivity (Wildman–Crippen MR) is 106 cm³/mol. The lowest BCUT2D eigenvalue weighted by molar-refractivity contribution is 0.0964. The van der Waals surface area contributed by atoms with E-state index in [1.165, 1.54) is 0 Å². The van der Waals surface area contributed by atoms with Crippen LogP contribution in [0.5, 0.6) is 0 Å². The molecule has 1 aromatic heterocycles. The molecule has 2 saturated heterocycles. The molecule has 1 aromatic rings. The minimum atomic E-state index is -0.379. The third-order valence-electron chi connectivity index (χ3n) is 5.83. The monoisotopic (exact) mass is 389 g/mol. The molecule has 1 amide bonds. The molecule has 0 saturated carbocycles. The Balaban J connectivity index is 1.69. The van der Waals surface area contributed by atoms with Crippen molar-refractivity contribution in [1.29, 1.82) is 0 Å². The van der Waals surface area contributed by atoms with E-state index in [0.29, 0.717) is 49.1 Å². The number of nitrogens with one attached hydrogen (secondary N) is 1. The topological polar surface area (TPSA) is 60.9 Å². The number of morpholine rings is 1. The number of ether oxygens (including phenoxy) is 1. The second kappa shape index (κ2) is 7.95. The van der Waals surface area contributed by atoms with Crippen molar-refractivity contribution in [2.75, 3.05) is 56.2 Å². The molecule has 1 unspecified atom stereocenters. The number of anilines is 2. The van der Waals surface area contributed by atoms with Crippen molar-refractivity contribution in [3.05, 3.63) is 29.2 Å². The van der Waals surface area contributed by atoms with Gasteiger partial charge < -0.3 is 24.8 Å². The van der Waals surface area contributed by atoms with E-state index in [1.807, 2.05) is 29.8 Å². The van der Waals surface area contributed by atoms with Crippen LogP contribution in [0.4, 0.5) is 16.0 Å². The molecule has 28 heavy (non-hydrogen) atoms. The lowest BCUT2D eigenvalue weighted by Gasteiger charge is -2.38. The van der Waals surface area contributed by atoms with Crippen molar-refractivity contribution in [3.8, 4) is 0 Å². The number of pyridine rings is 1. The first kappa shape index (κ1) is 19.0. The van der Waals surface area contributed by atoms with Gasteiger partial charge in [0.1, 0.15) is 5.82 Å². The molecule has 152 valence electrons. The Bertz CT molecular complexity index is 778. The van der Waals surface area contributed by atoms with Crippen molar-refractivity contribution in [2.24, 2.45) is 0 Å². The molecule has 0 spiro atoms. The van der Waals surface area contributed by atoms with Gasteiger partial charge in [0, 0.05) is 51.4 Å². The smallest absolute Gasteiger partial charge is 0.255 e. The van der Waals surface area contributed by atoms with Crippen LogP contribution in [-0.2, 0) is 11.3 Å². The molecule has 1 N–H and O–H groups in total. The fourth-order valence-corrected chi connectivity index (χ4v) is 4.30. The number of amides is 1. The molecule has 1 atom stereocenters. The van der Waals surface area contributed by atoms with Crippen molar-refractivity contribution in [3.63, 3.8) is 0 Å². The average Bonchev–Trinajstić information content (AvgIpc) is 3.11. The summed E-state index contributed by atoms with van der Waals surface area (Å²) in [5.74, 6) is 0.298. The van der Waals surface area contributed by atoms with Gasteiger partial charge in [-0.3, -0.25) is 4.79 Å². The van der Waals surface area contributed by atoms with Gasteiger partial charge in [-0.15, -0.1) is 0 Å². The van der Waals surface area contributed by atoms with Gasteiger partial charge >= 0.3 is 0 Å². The van der Waals surface area contributed by atoms with Crippen LogP contribution >= 0.6 is 0 Å². The molecular weight excluding hydrogens is 361 g/mol. The van der Waals surface area contributed by atoms with E-state index < -0.39 is 0 Å². The maximum atomic E-state index is 15.4. The Hall–Kier alpha value is -2.35. The van der Waals surface area contributed by atoms with E-state index in [2.05, 4.69) is 21.4 Å². The van der Waals surface area contributed by atoms with E-state index >= 15 is 4.39 Å². The SMILES string of the molecule is CC=CN1CCCC(N(C)c2nc(N3CCOCC3)c3c(c2F)CNC3=O)C1. The predicted octanol–water partition coefficient (Wildman–Crippen LogP) is 1.73. The summed E-state index contributed by atoms with van der Waals surface area (Å²) in [6.45, 7) is 6.56. The van der Waals surface area contributed by atoms with E-state index in [4.69, 9.17) is 4.74 Å². The number of allylic oxidation sites excluding steroid dienone is 1. The van der Waals surface area contributed by atoms with Crippen LogP contribution in [0.2, 0.25) is 0 Å². The average molecular weight is 389 g/mol. The summed E-state index contributed by atoms with van der Waals surface area (Å²) in [7, 11) is 1.91. The van der Waals surface area contributed by atoms with Gasteiger partial charge in [-0.05, 0) is 26.0 Å². The summed E-state index contributed by atoms with van der Waals surface area (Å²) in [6, 6.07) is 0.174. The van der Waals surface area contributed by atoms with Gasteiger partial charge in [0.2, 0.25) is 0 Å². The summed E-state index contributed by atoms with van der Waals surface area (Å²) >= 11 is 0. The molecule has 3 aliphatic rings. The fraction of sp³-hybridized carbons (Fsp3) is 0.600. The van der Waals surface area contributed by atoms with Gasteiger partial charge in [-0.2, -0.15) is 0 Å². The summed E-state index contributed by atoms with van der Waals surface area (Å²) in [5, 5.41) is 2.76. The molecule has 8 heteroatoms. The van der Waals surface area contributed by atoms with Gasteiger partial charge in [0.25, 0.3) is 5.91 Å². The molecule has 2 fully saturated rings. The van der Waals surface area contributed by atoms with E-state index in [9.17, 15) is 4.79 Å². The molecule has 0 radical (unpaired) electrons. The maximum Gasteiger partial charge on any atom is 0.255 e. The molecular formula is C20H28FN5O2. The zero-order chi connectivity index (χ0) is 19.7. The number of rotatable bonds is 4. The van der Waals surface area contributed by atoms with Crippen molar-refractivity contribution >= 4 is 17.5 Å². The second-order valence-corrected chi connectivity index (χ2v) is 7.59. The zero-order valence-electron chi connectivity index (χ0n) is 16.6. The standard InChI is InChI=1S/C20H28FN5O2/c1-3-6-25-7-4-5-14(13-25)24(2)19-17(21)15-12-22-20(27)16(15)18(23-19)26-8-10-28-11-9-26/h3,6,14H,4-5,7-13H2,1-2H3,(H,22,27). The number of nitrogens with zero attached hydrogens (tertiary/aromatic N) is 4. The lowest BCUT2D eigenvalue weighted by atomic mass is 10.0. The summed E-state index contributed by atoms with van der Waals surface area (Å²) in [4.78, 5) is 23.3. The summed E-state index contributed by atoms with van der Waals surface area (Å²) in [6.07, 6.45) is 6.17. The third-order valence-corrected chi connectivity index (χ3v) is 5.83. The second-order valence-electron chi connectivity index (χ2n) is 7.59. The minimum absolute atomic E-state index is 0.174. The summed E-state index contributed by atoms with van der Waals surface area (Å²) < 4.78 is 20.8. The highest BCUT2D eigenvalue weighted by Gasteiger charge is 2.34. The number of halogens is 1. The minimum Gasteiger partial charge on any atom is -0.378 e. The van der Waals surface area contributed by atoms with Crippen LogP contribution in [0.1, 0.15) is 35.7 Å². The highest BCUT2D eigenvalue weighted by Crippen LogP contribution is 2.34. The first-order chi connectivity index (χ1) is 13.6. The van der Waals surface area contributed by atoms with Crippen molar-refractivity contribution < 1.29 is 13.9 Å². The van der Waals surface area contributed by atoms with Crippen LogP contribution in [0.15, 0.2) is 12.3 Å². The molecule has 4 heterocycles. The zero-order valence-corrected chi connectivity index (χ0v) is 16.6. The molecule has 0 aromatic carbocycles. The molecule has 0 bridgehead atoms. The van der Waals surface area contributed by atoms with Gasteiger partial charge in [-0.25, -0.2) is 9.37 Å².